The standard InChI is InChI=1S/C25H22N2/c1-17-13-18(2)15-23(14-17)25-16-24(26-19(3)27-25)22-11-9-21(10-12-22)20-7-5-4-6-8-20/h4-16H,1-3H3. The maximum absolute atomic E-state index is 4.67. The van der Waals surface area contributed by atoms with E-state index < -0.39 is 0 Å². The molecule has 0 saturated heterocycles. The fraction of sp³-hybridized carbons (Fsp3) is 0.120. The van der Waals surface area contributed by atoms with Crippen LogP contribution in [-0.4, -0.2) is 9.97 Å². The third-order valence-electron chi connectivity index (χ3n) is 4.64. The smallest absolute Gasteiger partial charge is 0.126 e. The molecule has 4 rings (SSSR count). The first kappa shape index (κ1) is 17.2. The zero-order chi connectivity index (χ0) is 18.8. The van der Waals surface area contributed by atoms with Crippen molar-refractivity contribution in [3.05, 3.63) is 95.8 Å². The summed E-state index contributed by atoms with van der Waals surface area (Å²) < 4.78 is 0. The first-order chi connectivity index (χ1) is 13.1. The van der Waals surface area contributed by atoms with E-state index in [1.165, 1.54) is 22.3 Å². The van der Waals surface area contributed by atoms with E-state index in [0.29, 0.717) is 0 Å². The number of aryl methyl sites for hydroxylation is 3. The van der Waals surface area contributed by atoms with Crippen molar-refractivity contribution in [2.45, 2.75) is 20.8 Å². The molecule has 0 aliphatic heterocycles. The predicted molar refractivity (Wildman–Crippen MR) is 113 cm³/mol. The maximum Gasteiger partial charge on any atom is 0.126 e. The van der Waals surface area contributed by atoms with Crippen LogP contribution in [0.4, 0.5) is 0 Å². The summed E-state index contributed by atoms with van der Waals surface area (Å²) in [6.45, 7) is 6.19. The van der Waals surface area contributed by atoms with Gasteiger partial charge in [-0.15, -0.1) is 0 Å². The second-order valence-corrected chi connectivity index (χ2v) is 7.01. The van der Waals surface area contributed by atoms with Gasteiger partial charge < -0.3 is 0 Å². The van der Waals surface area contributed by atoms with Crippen molar-refractivity contribution in [2.75, 3.05) is 0 Å². The number of hydrogen-bond donors (Lipinski definition) is 0. The summed E-state index contributed by atoms with van der Waals surface area (Å²) >= 11 is 0. The molecule has 0 spiro atoms. The van der Waals surface area contributed by atoms with E-state index in [0.717, 1.165) is 28.3 Å². The van der Waals surface area contributed by atoms with Gasteiger partial charge in [-0.1, -0.05) is 71.8 Å². The average Bonchev–Trinajstić information content (AvgIpc) is 2.67. The van der Waals surface area contributed by atoms with Gasteiger partial charge in [-0.25, -0.2) is 9.97 Å². The van der Waals surface area contributed by atoms with Crippen LogP contribution in [0.15, 0.2) is 78.9 Å². The van der Waals surface area contributed by atoms with Crippen LogP contribution in [0.2, 0.25) is 0 Å². The second-order valence-electron chi connectivity index (χ2n) is 7.01. The number of benzene rings is 3. The molecule has 27 heavy (non-hydrogen) atoms. The highest BCUT2D eigenvalue weighted by Crippen LogP contribution is 2.27. The van der Waals surface area contributed by atoms with Gasteiger partial charge in [0.1, 0.15) is 5.82 Å². The summed E-state index contributed by atoms with van der Waals surface area (Å²) in [5.41, 5.74) is 9.09. The van der Waals surface area contributed by atoms with E-state index in [2.05, 4.69) is 96.6 Å². The lowest BCUT2D eigenvalue weighted by Crippen LogP contribution is -1.95. The van der Waals surface area contributed by atoms with Crippen LogP contribution in [-0.2, 0) is 0 Å². The Morgan fingerprint density at radius 1 is 0.481 bits per heavy atom. The molecule has 1 aromatic heterocycles. The zero-order valence-corrected chi connectivity index (χ0v) is 15.9. The van der Waals surface area contributed by atoms with E-state index in [4.69, 9.17) is 0 Å². The van der Waals surface area contributed by atoms with E-state index in [-0.39, 0.29) is 0 Å². The quantitative estimate of drug-likeness (QED) is 0.427. The van der Waals surface area contributed by atoms with Gasteiger partial charge in [-0.05, 0) is 50.1 Å². The monoisotopic (exact) mass is 350 g/mol. The molecule has 0 aliphatic rings. The van der Waals surface area contributed by atoms with Crippen LogP contribution >= 0.6 is 0 Å². The lowest BCUT2D eigenvalue weighted by molar-refractivity contribution is 1.06. The van der Waals surface area contributed by atoms with E-state index in [9.17, 15) is 0 Å². The summed E-state index contributed by atoms with van der Waals surface area (Å²) in [5.74, 6) is 0.786. The SMILES string of the molecule is Cc1cc(C)cc(-c2cc(-c3ccc(-c4ccccc4)cc3)nc(C)n2)c1. The summed E-state index contributed by atoms with van der Waals surface area (Å²) in [5, 5.41) is 0. The molecule has 0 atom stereocenters. The molecule has 0 saturated carbocycles. The van der Waals surface area contributed by atoms with Crippen LogP contribution in [0.1, 0.15) is 17.0 Å². The molecule has 0 unspecified atom stereocenters. The van der Waals surface area contributed by atoms with Crippen molar-refractivity contribution in [3.8, 4) is 33.6 Å². The summed E-state index contributed by atoms with van der Waals surface area (Å²) in [6, 6.07) is 27.6. The van der Waals surface area contributed by atoms with Crippen molar-refractivity contribution >= 4 is 0 Å². The number of hydrogen-bond acceptors (Lipinski definition) is 2. The Morgan fingerprint density at radius 3 is 1.63 bits per heavy atom. The molecule has 0 aliphatic carbocycles. The molecule has 0 fully saturated rings. The maximum atomic E-state index is 4.67. The number of nitrogens with zero attached hydrogens (tertiary/aromatic N) is 2. The van der Waals surface area contributed by atoms with Gasteiger partial charge in [0, 0.05) is 11.1 Å². The Morgan fingerprint density at radius 2 is 1.00 bits per heavy atom. The van der Waals surface area contributed by atoms with Crippen LogP contribution in [0, 0.1) is 20.8 Å². The Kier molecular flexibility index (Phi) is 4.55. The normalized spacial score (nSPS) is 10.8. The Balaban J connectivity index is 1.73. The molecule has 0 amide bonds. The molecular weight excluding hydrogens is 328 g/mol. The highest BCUT2D eigenvalue weighted by atomic mass is 14.9. The Labute approximate surface area is 160 Å². The van der Waals surface area contributed by atoms with Crippen molar-refractivity contribution in [1.29, 1.82) is 0 Å². The molecule has 1 heterocycles. The minimum atomic E-state index is 0.786. The van der Waals surface area contributed by atoms with Crippen LogP contribution in [0.25, 0.3) is 33.6 Å². The lowest BCUT2D eigenvalue weighted by Gasteiger charge is -2.09. The first-order valence-corrected chi connectivity index (χ1v) is 9.19. The largest absolute Gasteiger partial charge is 0.233 e. The third-order valence-corrected chi connectivity index (χ3v) is 4.64. The van der Waals surface area contributed by atoms with Crippen molar-refractivity contribution < 1.29 is 0 Å². The van der Waals surface area contributed by atoms with E-state index in [1.54, 1.807) is 0 Å². The third kappa shape index (κ3) is 3.80. The highest BCUT2D eigenvalue weighted by Gasteiger charge is 2.08. The second kappa shape index (κ2) is 7.16. The Bertz CT molecular complexity index is 1060. The Hall–Kier alpha value is -3.26. The molecule has 0 N–H and O–H groups in total. The van der Waals surface area contributed by atoms with Crippen LogP contribution < -0.4 is 0 Å². The molecule has 3 aromatic carbocycles. The van der Waals surface area contributed by atoms with E-state index >= 15 is 0 Å². The van der Waals surface area contributed by atoms with Gasteiger partial charge in [0.05, 0.1) is 11.4 Å². The molecule has 2 heteroatoms. The fourth-order valence-corrected chi connectivity index (χ4v) is 3.45. The zero-order valence-electron chi connectivity index (χ0n) is 15.9. The highest BCUT2D eigenvalue weighted by molar-refractivity contribution is 5.72. The molecule has 4 aromatic rings. The molecular formula is C25H22N2. The molecule has 0 bridgehead atoms. The van der Waals surface area contributed by atoms with Gasteiger partial charge in [-0.2, -0.15) is 0 Å². The first-order valence-electron chi connectivity index (χ1n) is 9.19. The molecule has 132 valence electrons. The van der Waals surface area contributed by atoms with Gasteiger partial charge in [0.15, 0.2) is 0 Å². The number of aromatic nitrogens is 2. The van der Waals surface area contributed by atoms with Gasteiger partial charge in [0.2, 0.25) is 0 Å². The molecule has 2 nitrogen and oxygen atoms in total. The van der Waals surface area contributed by atoms with Crippen LogP contribution in [0.5, 0.6) is 0 Å². The van der Waals surface area contributed by atoms with Crippen molar-refractivity contribution in [3.63, 3.8) is 0 Å². The lowest BCUT2D eigenvalue weighted by atomic mass is 10.0. The minimum Gasteiger partial charge on any atom is -0.233 e. The predicted octanol–water partition coefficient (Wildman–Crippen LogP) is 6.40. The average molecular weight is 350 g/mol. The van der Waals surface area contributed by atoms with Crippen molar-refractivity contribution in [1.82, 2.24) is 9.97 Å². The summed E-state index contributed by atoms with van der Waals surface area (Å²) in [4.78, 5) is 9.33. The van der Waals surface area contributed by atoms with Crippen molar-refractivity contribution in [2.24, 2.45) is 0 Å². The minimum absolute atomic E-state index is 0.786. The summed E-state index contributed by atoms with van der Waals surface area (Å²) in [7, 11) is 0. The topological polar surface area (TPSA) is 25.8 Å². The van der Waals surface area contributed by atoms with Gasteiger partial charge in [-0.3, -0.25) is 0 Å². The van der Waals surface area contributed by atoms with Crippen LogP contribution in [0.3, 0.4) is 0 Å². The van der Waals surface area contributed by atoms with E-state index in [1.807, 2.05) is 13.0 Å². The van der Waals surface area contributed by atoms with Gasteiger partial charge >= 0.3 is 0 Å². The number of rotatable bonds is 3. The summed E-state index contributed by atoms with van der Waals surface area (Å²) in [6.07, 6.45) is 0. The molecule has 0 radical (unpaired) electrons. The van der Waals surface area contributed by atoms with Gasteiger partial charge in [0.25, 0.3) is 0 Å². The fourth-order valence-electron chi connectivity index (χ4n) is 3.45.